The number of rotatable bonds is 2. The van der Waals surface area contributed by atoms with E-state index in [2.05, 4.69) is 26.6 Å². The molecule has 1 nitrogen and oxygen atoms in total. The Bertz CT molecular complexity index is 217. The van der Waals surface area contributed by atoms with Gasteiger partial charge in [0.05, 0.1) is 11.7 Å². The lowest BCUT2D eigenvalue weighted by molar-refractivity contribution is -0.0308. The second-order valence-electron chi connectivity index (χ2n) is 7.09. The maximum atomic E-state index is 6.36. The van der Waals surface area contributed by atoms with Crippen LogP contribution in [0.5, 0.6) is 0 Å². The molecule has 3 atom stereocenters. The van der Waals surface area contributed by atoms with E-state index in [4.69, 9.17) is 4.74 Å². The van der Waals surface area contributed by atoms with Crippen molar-refractivity contribution in [3.8, 4) is 0 Å². The van der Waals surface area contributed by atoms with E-state index in [-0.39, 0.29) is 5.60 Å². The van der Waals surface area contributed by atoms with Crippen LogP contribution in [0.1, 0.15) is 39.0 Å². The fourth-order valence-corrected chi connectivity index (χ4v) is 6.24. The van der Waals surface area contributed by atoms with Gasteiger partial charge in [0.2, 0.25) is 0 Å². The van der Waals surface area contributed by atoms with Crippen LogP contribution < -0.4 is 0 Å². The third-order valence-electron chi connectivity index (χ3n) is 3.87. The van der Waals surface area contributed by atoms with Gasteiger partial charge in [-0.2, -0.15) is 0 Å². The van der Waals surface area contributed by atoms with Gasteiger partial charge in [0.25, 0.3) is 0 Å². The Kier molecular flexibility index (Phi) is 3.02. The highest BCUT2D eigenvalue weighted by molar-refractivity contribution is 6.76. The predicted molar refractivity (Wildman–Crippen MR) is 68.0 cm³/mol. The van der Waals surface area contributed by atoms with Gasteiger partial charge in [0, 0.05) is 8.07 Å². The molecule has 2 rings (SSSR count). The van der Waals surface area contributed by atoms with E-state index in [0.717, 1.165) is 5.92 Å². The first-order chi connectivity index (χ1) is 6.88. The zero-order valence-corrected chi connectivity index (χ0v) is 11.8. The van der Waals surface area contributed by atoms with Crippen molar-refractivity contribution in [2.45, 2.75) is 76.4 Å². The van der Waals surface area contributed by atoms with Crippen LogP contribution >= 0.6 is 0 Å². The molecule has 2 heteroatoms. The molecule has 0 aromatic heterocycles. The van der Waals surface area contributed by atoms with Gasteiger partial charge in [-0.3, -0.25) is 0 Å². The summed E-state index contributed by atoms with van der Waals surface area (Å²) < 4.78 is 6.36. The molecule has 0 aromatic carbocycles. The molecule has 1 saturated heterocycles. The van der Waals surface area contributed by atoms with Crippen molar-refractivity contribution >= 4 is 8.07 Å². The quantitative estimate of drug-likeness (QED) is 0.645. The van der Waals surface area contributed by atoms with E-state index in [9.17, 15) is 0 Å². The summed E-state index contributed by atoms with van der Waals surface area (Å²) >= 11 is 0. The molecule has 2 fully saturated rings. The molecule has 0 N–H and O–H groups in total. The highest BCUT2D eigenvalue weighted by atomic mass is 28.3. The van der Waals surface area contributed by atoms with Gasteiger partial charge in [-0.05, 0) is 38.1 Å². The van der Waals surface area contributed by atoms with Crippen LogP contribution in [-0.4, -0.2) is 19.8 Å². The van der Waals surface area contributed by atoms with Gasteiger partial charge < -0.3 is 4.74 Å². The van der Waals surface area contributed by atoms with E-state index < -0.39 is 8.07 Å². The Labute approximate surface area is 95.6 Å². The summed E-state index contributed by atoms with van der Waals surface area (Å²) in [6.45, 7) is 9.75. The molecule has 1 aliphatic heterocycles. The maximum absolute atomic E-state index is 6.36. The van der Waals surface area contributed by atoms with Gasteiger partial charge in [0.1, 0.15) is 0 Å². The fraction of sp³-hybridized carbons (Fsp3) is 1.00. The minimum atomic E-state index is -0.984. The van der Waals surface area contributed by atoms with Crippen LogP contribution in [0, 0.1) is 5.92 Å². The van der Waals surface area contributed by atoms with E-state index >= 15 is 0 Å². The third kappa shape index (κ3) is 2.85. The molecule has 0 unspecified atom stereocenters. The molecule has 0 spiro atoms. The fourth-order valence-electron chi connectivity index (χ4n) is 3.77. The van der Waals surface area contributed by atoms with Crippen LogP contribution in [0.25, 0.3) is 0 Å². The minimum absolute atomic E-state index is 0.226. The largest absolute Gasteiger partial charge is 0.372 e. The smallest absolute Gasteiger partial charge is 0.0638 e. The topological polar surface area (TPSA) is 9.23 Å². The normalized spacial score (nSPS) is 41.6. The lowest BCUT2D eigenvalue weighted by Crippen LogP contribution is -2.35. The molecule has 0 radical (unpaired) electrons. The summed E-state index contributed by atoms with van der Waals surface area (Å²) in [6.07, 6.45) is 7.53. The standard InChI is InChI=1S/C13H26OSi/c1-13(10-15(2,3)4)9-11-7-5-6-8-12(11)14-13/h11-12H,5-10H2,1-4H3/t11-,12+,13-/m1/s1. The molecule has 0 aromatic rings. The van der Waals surface area contributed by atoms with Crippen molar-refractivity contribution < 1.29 is 4.74 Å². The van der Waals surface area contributed by atoms with Crippen LogP contribution in [0.15, 0.2) is 0 Å². The second kappa shape index (κ2) is 3.88. The zero-order chi connectivity index (χ0) is 11.1. The summed E-state index contributed by atoms with van der Waals surface area (Å²) in [6, 6.07) is 1.34. The molecule has 2 aliphatic rings. The highest BCUT2D eigenvalue weighted by Gasteiger charge is 2.45. The van der Waals surface area contributed by atoms with Crippen LogP contribution in [0.4, 0.5) is 0 Å². The lowest BCUT2D eigenvalue weighted by Gasteiger charge is -2.31. The highest BCUT2D eigenvalue weighted by Crippen LogP contribution is 2.45. The summed E-state index contributed by atoms with van der Waals surface area (Å²) in [5.41, 5.74) is 0.226. The average Bonchev–Trinajstić information content (AvgIpc) is 2.35. The van der Waals surface area contributed by atoms with Gasteiger partial charge in [-0.15, -0.1) is 0 Å². The number of ether oxygens (including phenoxy) is 1. The van der Waals surface area contributed by atoms with Gasteiger partial charge in [0.15, 0.2) is 0 Å². The number of hydrogen-bond acceptors (Lipinski definition) is 1. The van der Waals surface area contributed by atoms with Crippen LogP contribution in [0.2, 0.25) is 25.7 Å². The van der Waals surface area contributed by atoms with Gasteiger partial charge in [-0.25, -0.2) is 0 Å². The first-order valence-electron chi connectivity index (χ1n) is 6.56. The van der Waals surface area contributed by atoms with E-state index in [0.29, 0.717) is 6.10 Å². The van der Waals surface area contributed by atoms with Crippen molar-refractivity contribution in [2.24, 2.45) is 5.92 Å². The molecule has 0 bridgehead atoms. The first kappa shape index (κ1) is 11.7. The molecule has 1 aliphatic carbocycles. The van der Waals surface area contributed by atoms with Crippen molar-refractivity contribution in [1.82, 2.24) is 0 Å². The van der Waals surface area contributed by atoms with Crippen molar-refractivity contribution in [3.63, 3.8) is 0 Å². The Balaban J connectivity index is 2.00. The van der Waals surface area contributed by atoms with Crippen molar-refractivity contribution in [1.29, 1.82) is 0 Å². The van der Waals surface area contributed by atoms with Gasteiger partial charge in [-0.1, -0.05) is 32.5 Å². The molecular formula is C13H26OSi. The summed E-state index contributed by atoms with van der Waals surface area (Å²) in [5, 5.41) is 0. The minimum Gasteiger partial charge on any atom is -0.372 e. The average molecular weight is 226 g/mol. The number of hydrogen-bond donors (Lipinski definition) is 0. The van der Waals surface area contributed by atoms with Gasteiger partial charge >= 0.3 is 0 Å². The van der Waals surface area contributed by atoms with Crippen LogP contribution in [0.3, 0.4) is 0 Å². The van der Waals surface area contributed by atoms with Crippen LogP contribution in [-0.2, 0) is 4.74 Å². The molecule has 1 heterocycles. The maximum Gasteiger partial charge on any atom is 0.0638 e. The lowest BCUT2D eigenvalue weighted by atomic mass is 9.83. The van der Waals surface area contributed by atoms with Crippen molar-refractivity contribution in [3.05, 3.63) is 0 Å². The Morgan fingerprint density at radius 3 is 2.47 bits per heavy atom. The molecule has 88 valence electrons. The predicted octanol–water partition coefficient (Wildman–Crippen LogP) is 4.06. The Morgan fingerprint density at radius 1 is 1.20 bits per heavy atom. The molecular weight excluding hydrogens is 200 g/mol. The van der Waals surface area contributed by atoms with Crippen molar-refractivity contribution in [2.75, 3.05) is 0 Å². The summed E-state index contributed by atoms with van der Waals surface area (Å²) in [5.74, 6) is 0.889. The number of fused-ring (bicyclic) bond motifs is 1. The Hall–Kier alpha value is 0.177. The van der Waals surface area contributed by atoms with E-state index in [1.807, 2.05) is 0 Å². The summed E-state index contributed by atoms with van der Waals surface area (Å²) in [7, 11) is -0.984. The zero-order valence-electron chi connectivity index (χ0n) is 10.8. The monoisotopic (exact) mass is 226 g/mol. The SMILES string of the molecule is C[C@]1(C[Si](C)(C)C)C[C@H]2CCCC[C@@H]2O1. The molecule has 0 amide bonds. The Morgan fingerprint density at radius 2 is 1.87 bits per heavy atom. The second-order valence-corrected chi connectivity index (χ2v) is 12.6. The van der Waals surface area contributed by atoms with E-state index in [1.54, 1.807) is 0 Å². The third-order valence-corrected chi connectivity index (χ3v) is 5.68. The molecule has 15 heavy (non-hydrogen) atoms. The first-order valence-corrected chi connectivity index (χ1v) is 10.3. The summed E-state index contributed by atoms with van der Waals surface area (Å²) in [4.78, 5) is 0. The van der Waals surface area contributed by atoms with E-state index in [1.165, 1.54) is 38.1 Å². The molecule has 1 saturated carbocycles.